The van der Waals surface area contributed by atoms with Crippen LogP contribution in [0.5, 0.6) is 0 Å². The zero-order valence-corrected chi connectivity index (χ0v) is 27.5. The van der Waals surface area contributed by atoms with Crippen molar-refractivity contribution in [2.75, 3.05) is 44.8 Å². The van der Waals surface area contributed by atoms with Gasteiger partial charge >= 0.3 is 11.9 Å². The first-order valence-electron chi connectivity index (χ1n) is 15.1. The van der Waals surface area contributed by atoms with Crippen LogP contribution in [-0.4, -0.2) is 79.1 Å². The highest BCUT2D eigenvalue weighted by Gasteiger charge is 2.57. The lowest BCUT2D eigenvalue weighted by Crippen LogP contribution is -2.52. The number of aromatic nitrogens is 1. The number of alkyl halides is 1. The van der Waals surface area contributed by atoms with Crippen molar-refractivity contribution < 1.29 is 32.6 Å². The van der Waals surface area contributed by atoms with Gasteiger partial charge in [0.15, 0.2) is 16.5 Å². The van der Waals surface area contributed by atoms with Crippen LogP contribution in [0.25, 0.3) is 0 Å². The topological polar surface area (TPSA) is 113 Å². The number of aliphatic imine (C=N–C) groups is 1. The minimum absolute atomic E-state index is 0.0666. The van der Waals surface area contributed by atoms with E-state index in [4.69, 9.17) is 26.1 Å². The van der Waals surface area contributed by atoms with Gasteiger partial charge in [0.2, 0.25) is 0 Å². The Bertz CT molecular complexity index is 1800. The Hall–Kier alpha value is -4.20. The van der Waals surface area contributed by atoms with E-state index in [1.807, 2.05) is 4.90 Å². The molecule has 3 aliphatic rings. The molecule has 0 bridgehead atoms. The summed E-state index contributed by atoms with van der Waals surface area (Å²) in [5.74, 6) is -2.58. The van der Waals surface area contributed by atoms with E-state index in [1.165, 1.54) is 41.5 Å². The first-order valence-corrected chi connectivity index (χ1v) is 16.3. The molecule has 2 fully saturated rings. The van der Waals surface area contributed by atoms with Crippen LogP contribution < -0.4 is 10.2 Å². The van der Waals surface area contributed by atoms with Gasteiger partial charge in [-0.25, -0.2) is 23.4 Å². The van der Waals surface area contributed by atoms with Gasteiger partial charge < -0.3 is 19.7 Å². The molecule has 1 amide bonds. The number of amidine groups is 1. The number of carbonyl (C=O) groups is 3. The summed E-state index contributed by atoms with van der Waals surface area (Å²) in [6, 6.07) is 8.23. The second-order valence-electron chi connectivity index (χ2n) is 11.5. The number of nitrogens with one attached hydrogen (secondary N) is 1. The predicted octanol–water partition coefficient (Wildman–Crippen LogP) is 5.02. The summed E-state index contributed by atoms with van der Waals surface area (Å²) >= 11 is 7.67. The van der Waals surface area contributed by atoms with Gasteiger partial charge in [-0.1, -0.05) is 23.7 Å². The number of halogens is 3. The third-order valence-corrected chi connectivity index (χ3v) is 9.93. The van der Waals surface area contributed by atoms with Crippen molar-refractivity contribution in [1.29, 1.82) is 0 Å². The monoisotopic (exact) mass is 683 g/mol. The van der Waals surface area contributed by atoms with Crippen LogP contribution >= 0.6 is 22.9 Å². The molecular formula is C33H32ClF2N5O5S. The fourth-order valence-electron chi connectivity index (χ4n) is 6.39. The fraction of sp³-hybridized carbons (Fsp3) is 0.364. The molecule has 0 unspecified atom stereocenters. The normalized spacial score (nSPS) is 22.9. The Labute approximate surface area is 279 Å². The highest BCUT2D eigenvalue weighted by molar-refractivity contribution is 7.11. The fourth-order valence-corrected chi connectivity index (χ4v) is 7.23. The number of rotatable bonds is 8. The van der Waals surface area contributed by atoms with Gasteiger partial charge in [-0.3, -0.25) is 14.7 Å². The van der Waals surface area contributed by atoms with Gasteiger partial charge in [0.1, 0.15) is 11.9 Å². The number of likely N-dealkylation sites (tertiary alicyclic amines) is 1. The average molecular weight is 684 g/mol. The molecule has 6 rings (SSSR count). The molecule has 0 aliphatic carbocycles. The highest BCUT2D eigenvalue weighted by atomic mass is 35.5. The van der Waals surface area contributed by atoms with E-state index in [9.17, 15) is 18.8 Å². The Morgan fingerprint density at radius 3 is 2.72 bits per heavy atom. The lowest BCUT2D eigenvalue weighted by atomic mass is 9.84. The van der Waals surface area contributed by atoms with Crippen molar-refractivity contribution in [1.82, 2.24) is 15.2 Å². The lowest BCUT2D eigenvalue weighted by Gasteiger charge is -2.38. The number of fused-ring (bicyclic) bond motifs is 1. The molecule has 4 heterocycles. The number of amides is 1. The molecule has 2 aromatic carbocycles. The van der Waals surface area contributed by atoms with Crippen molar-refractivity contribution >= 4 is 52.3 Å². The molecule has 0 spiro atoms. The zero-order chi connectivity index (χ0) is 33.5. The van der Waals surface area contributed by atoms with Crippen molar-refractivity contribution in [2.24, 2.45) is 10.9 Å². The standard InChI is InChI=1S/C33H32ClF2N5O5S/c1-4-46-31(43)26-25(38-28(29-37-11-13-47-29)39-27(26)21-6-5-7-24(35)18(21)2)17-40-12-10-33(36)19(15-40)16-41(32(33)44)20-8-9-22(23(34)14-20)30(42)45-3/h5-9,11,13-14,19,27H,4,10,12,15-17H2,1-3H3,(H,38,39)/t19-,27+,33+/m1/s1. The summed E-state index contributed by atoms with van der Waals surface area (Å²) in [5.41, 5.74) is -0.0105. The molecule has 2 saturated heterocycles. The van der Waals surface area contributed by atoms with Crippen LogP contribution in [0.4, 0.5) is 14.5 Å². The van der Waals surface area contributed by atoms with Gasteiger partial charge in [-0.15, -0.1) is 11.3 Å². The molecule has 14 heteroatoms. The van der Waals surface area contributed by atoms with Crippen LogP contribution in [0.1, 0.15) is 45.9 Å². The first-order chi connectivity index (χ1) is 22.5. The second kappa shape index (κ2) is 13.1. The van der Waals surface area contributed by atoms with E-state index in [0.29, 0.717) is 33.4 Å². The molecule has 1 N–H and O–H groups in total. The lowest BCUT2D eigenvalue weighted by molar-refractivity contribution is -0.139. The van der Waals surface area contributed by atoms with E-state index in [0.717, 1.165) is 0 Å². The summed E-state index contributed by atoms with van der Waals surface area (Å²) in [6.45, 7) is 4.17. The number of esters is 2. The van der Waals surface area contributed by atoms with Crippen LogP contribution in [-0.2, 0) is 19.1 Å². The maximum absolute atomic E-state index is 16.4. The van der Waals surface area contributed by atoms with Crippen molar-refractivity contribution in [2.45, 2.75) is 32.0 Å². The van der Waals surface area contributed by atoms with Crippen molar-refractivity contribution in [3.05, 3.63) is 91.8 Å². The van der Waals surface area contributed by atoms with Gasteiger partial charge in [0.25, 0.3) is 5.91 Å². The molecule has 10 nitrogen and oxygen atoms in total. The number of hydrogen-bond donors (Lipinski definition) is 1. The Morgan fingerprint density at radius 1 is 1.21 bits per heavy atom. The van der Waals surface area contributed by atoms with E-state index in [-0.39, 0.29) is 55.4 Å². The maximum atomic E-state index is 16.4. The van der Waals surface area contributed by atoms with E-state index in [2.05, 4.69) is 10.3 Å². The van der Waals surface area contributed by atoms with Gasteiger partial charge in [-0.2, -0.15) is 0 Å². The zero-order valence-electron chi connectivity index (χ0n) is 25.9. The van der Waals surface area contributed by atoms with Gasteiger partial charge in [0.05, 0.1) is 29.9 Å². The largest absolute Gasteiger partial charge is 0.465 e. The third-order valence-electron chi connectivity index (χ3n) is 8.83. The van der Waals surface area contributed by atoms with Crippen molar-refractivity contribution in [3.63, 3.8) is 0 Å². The molecule has 246 valence electrons. The van der Waals surface area contributed by atoms with E-state index >= 15 is 4.39 Å². The number of ether oxygens (including phenoxy) is 2. The number of anilines is 1. The Morgan fingerprint density at radius 2 is 2.02 bits per heavy atom. The van der Waals surface area contributed by atoms with E-state index < -0.39 is 41.3 Å². The number of carbonyl (C=O) groups excluding carboxylic acids is 3. The first kappa shape index (κ1) is 32.7. The number of methoxy groups -OCH3 is 1. The van der Waals surface area contributed by atoms with E-state index in [1.54, 1.807) is 43.6 Å². The van der Waals surface area contributed by atoms with Crippen LogP contribution in [0.2, 0.25) is 5.02 Å². The molecule has 1 aromatic heterocycles. The SMILES string of the molecule is CCOC(=O)C1=C(CN2CC[C@@]3(F)C(=O)N(c4ccc(C(=O)OC)c(Cl)c4)C[C@H]3C2)NC(c2nccs2)=N[C@H]1c1cccc(F)c1C. The summed E-state index contributed by atoms with van der Waals surface area (Å²) < 4.78 is 41.4. The maximum Gasteiger partial charge on any atom is 0.339 e. The summed E-state index contributed by atoms with van der Waals surface area (Å²) in [5, 5.41) is 5.76. The number of benzene rings is 2. The molecule has 3 aromatic rings. The summed E-state index contributed by atoms with van der Waals surface area (Å²) in [7, 11) is 1.24. The van der Waals surface area contributed by atoms with Crippen LogP contribution in [0, 0.1) is 18.7 Å². The summed E-state index contributed by atoms with van der Waals surface area (Å²) in [6.07, 6.45) is 1.57. The molecule has 3 atom stereocenters. The molecular weight excluding hydrogens is 652 g/mol. The third kappa shape index (κ3) is 6.03. The number of nitrogens with zero attached hydrogens (tertiary/aromatic N) is 4. The number of thiazole rings is 1. The van der Waals surface area contributed by atoms with Gasteiger partial charge in [0, 0.05) is 61.5 Å². The molecule has 0 saturated carbocycles. The predicted molar refractivity (Wildman–Crippen MR) is 173 cm³/mol. The minimum Gasteiger partial charge on any atom is -0.465 e. The minimum atomic E-state index is -2.10. The second-order valence-corrected chi connectivity index (χ2v) is 12.8. The van der Waals surface area contributed by atoms with Crippen LogP contribution in [0.3, 0.4) is 0 Å². The van der Waals surface area contributed by atoms with Crippen molar-refractivity contribution in [3.8, 4) is 0 Å². The highest BCUT2D eigenvalue weighted by Crippen LogP contribution is 2.43. The average Bonchev–Trinajstić information content (AvgIpc) is 3.69. The quantitative estimate of drug-likeness (QED) is 0.330. The van der Waals surface area contributed by atoms with Gasteiger partial charge in [-0.05, 0) is 49.2 Å². The molecule has 47 heavy (non-hydrogen) atoms. The Kier molecular flexibility index (Phi) is 9.14. The smallest absolute Gasteiger partial charge is 0.339 e. The molecule has 0 radical (unpaired) electrons. The summed E-state index contributed by atoms with van der Waals surface area (Å²) in [4.78, 5) is 51.6. The molecule has 3 aliphatic heterocycles. The number of piperidine rings is 1. The Balaban J connectivity index is 1.31. The number of hydrogen-bond acceptors (Lipinski definition) is 10. The van der Waals surface area contributed by atoms with Crippen LogP contribution in [0.15, 0.2) is 64.2 Å².